The summed E-state index contributed by atoms with van der Waals surface area (Å²) in [7, 11) is 0. The monoisotopic (exact) mass is 809 g/mol. The van der Waals surface area contributed by atoms with E-state index >= 15 is 0 Å². The zero-order valence-corrected chi connectivity index (χ0v) is 40.8. The van der Waals surface area contributed by atoms with Crippen molar-refractivity contribution >= 4 is 21.8 Å². The largest absolute Gasteiger partial charge is 0.354 e. The van der Waals surface area contributed by atoms with Gasteiger partial charge in [0.15, 0.2) is 0 Å². The molecule has 61 heavy (non-hydrogen) atoms. The number of H-pyrrole nitrogens is 1. The molecule has 2 heterocycles. The minimum absolute atomic E-state index is 0.00115. The van der Waals surface area contributed by atoms with Crippen molar-refractivity contribution in [1.29, 1.82) is 0 Å². The molecular weight excluding hydrogens is 737 g/mol. The van der Waals surface area contributed by atoms with Gasteiger partial charge in [0, 0.05) is 27.4 Å². The highest BCUT2D eigenvalue weighted by molar-refractivity contribution is 6.12. The van der Waals surface area contributed by atoms with Crippen LogP contribution >= 0.6 is 0 Å². The van der Waals surface area contributed by atoms with Crippen LogP contribution in [0.15, 0.2) is 103 Å². The van der Waals surface area contributed by atoms with E-state index in [0.717, 1.165) is 33.5 Å². The number of fused-ring (bicyclic) bond motifs is 3. The van der Waals surface area contributed by atoms with Crippen molar-refractivity contribution in [3.05, 3.63) is 137 Å². The molecule has 2 nitrogen and oxygen atoms in total. The van der Waals surface area contributed by atoms with Crippen LogP contribution in [-0.4, -0.2) is 9.97 Å². The molecule has 0 aliphatic rings. The summed E-state index contributed by atoms with van der Waals surface area (Å²) in [6, 6.07) is 39.9. The van der Waals surface area contributed by atoms with Crippen molar-refractivity contribution in [2.75, 3.05) is 0 Å². The fraction of sp³-hybridized carbons (Fsp3) is 0.407. The Morgan fingerprint density at radius 3 is 1.15 bits per heavy atom. The minimum atomic E-state index is -0.0456. The van der Waals surface area contributed by atoms with Crippen molar-refractivity contribution in [3.63, 3.8) is 0 Å². The summed E-state index contributed by atoms with van der Waals surface area (Å²) in [6.45, 7) is 41.7. The van der Waals surface area contributed by atoms with E-state index in [4.69, 9.17) is 4.98 Å². The number of hydrogen-bond donors (Lipinski definition) is 1. The molecular formula is C59H72N2. The SMILES string of the molecule is CC(C)(C)c1cc(-c2cc(-c3cc(C(C)(C)C)cc(C(C)(C)C)c3)cc(-c3cccc(-c4cc(C(C)(C)C)cc5c4[nH]c4ccc(C(C)(C)C)cc45)n3)c2)cc(C(C)(C)C)c1. The second-order valence-electron chi connectivity index (χ2n) is 24.1. The molecule has 0 saturated heterocycles. The maximum Gasteiger partial charge on any atom is 0.0730 e. The lowest BCUT2D eigenvalue weighted by Gasteiger charge is -2.27. The number of nitrogens with zero attached hydrogens (tertiary/aromatic N) is 1. The van der Waals surface area contributed by atoms with E-state index in [0.29, 0.717) is 0 Å². The number of pyridine rings is 1. The summed E-state index contributed by atoms with van der Waals surface area (Å²) in [4.78, 5) is 9.44. The fourth-order valence-electron chi connectivity index (χ4n) is 8.28. The van der Waals surface area contributed by atoms with Crippen LogP contribution in [0.4, 0.5) is 0 Å². The van der Waals surface area contributed by atoms with Crippen LogP contribution in [0.5, 0.6) is 0 Å². The van der Waals surface area contributed by atoms with E-state index < -0.39 is 0 Å². The number of nitrogens with one attached hydrogen (secondary N) is 1. The standard InChI is InChI=1S/C59H72N2/c1-54(2,3)41-22-23-52-47(33-41)48-34-46(59(16,17)18)35-49(53(48)61-52)51-21-19-20-50(60-51)40-25-36(38-27-42(55(4,5)6)31-43(28-38)56(7,8)9)24-37(26-40)39-29-44(57(10,11)12)32-45(30-39)58(13,14)15/h19-35,61H,1-18H3. The average Bonchev–Trinajstić information content (AvgIpc) is 3.53. The molecule has 1 N–H and O–H groups in total. The van der Waals surface area contributed by atoms with Crippen LogP contribution in [-0.2, 0) is 32.5 Å². The molecule has 0 radical (unpaired) electrons. The molecule has 2 heteroatoms. The predicted octanol–water partition coefficient (Wildman–Crippen LogP) is 17.2. The summed E-state index contributed by atoms with van der Waals surface area (Å²) in [5.74, 6) is 0. The van der Waals surface area contributed by atoms with Crippen LogP contribution in [0, 0.1) is 0 Å². The maximum atomic E-state index is 5.59. The molecule has 7 rings (SSSR count). The van der Waals surface area contributed by atoms with Gasteiger partial charge in [-0.05, 0) is 143 Å². The molecule has 318 valence electrons. The Kier molecular flexibility index (Phi) is 10.7. The number of hydrogen-bond acceptors (Lipinski definition) is 1. The van der Waals surface area contributed by atoms with E-state index in [1.165, 1.54) is 66.4 Å². The highest BCUT2D eigenvalue weighted by Crippen LogP contribution is 2.42. The first kappa shape index (κ1) is 44.1. The molecule has 0 aliphatic carbocycles. The summed E-state index contributed by atoms with van der Waals surface area (Å²) in [6.07, 6.45) is 0. The fourth-order valence-corrected chi connectivity index (χ4v) is 8.28. The summed E-state index contributed by atoms with van der Waals surface area (Å²) in [5, 5.41) is 2.52. The van der Waals surface area contributed by atoms with Crippen molar-refractivity contribution in [1.82, 2.24) is 9.97 Å². The van der Waals surface area contributed by atoms with Gasteiger partial charge in [0.2, 0.25) is 0 Å². The molecule has 2 aromatic heterocycles. The van der Waals surface area contributed by atoms with E-state index in [-0.39, 0.29) is 32.5 Å². The van der Waals surface area contributed by atoms with Gasteiger partial charge in [0.1, 0.15) is 0 Å². The molecule has 0 unspecified atom stereocenters. The van der Waals surface area contributed by atoms with Gasteiger partial charge in [-0.2, -0.15) is 0 Å². The zero-order valence-electron chi connectivity index (χ0n) is 40.8. The van der Waals surface area contributed by atoms with Crippen molar-refractivity contribution in [2.45, 2.75) is 157 Å². The highest BCUT2D eigenvalue weighted by atomic mass is 14.7. The lowest BCUT2D eigenvalue weighted by molar-refractivity contribution is 0.568. The van der Waals surface area contributed by atoms with Gasteiger partial charge in [-0.1, -0.05) is 173 Å². The Hall–Kier alpha value is -4.95. The first-order valence-corrected chi connectivity index (χ1v) is 22.5. The van der Waals surface area contributed by atoms with Gasteiger partial charge in [-0.3, -0.25) is 0 Å². The predicted molar refractivity (Wildman–Crippen MR) is 268 cm³/mol. The Labute approximate surface area is 368 Å². The first-order valence-electron chi connectivity index (χ1n) is 22.5. The second-order valence-corrected chi connectivity index (χ2v) is 24.1. The smallest absolute Gasteiger partial charge is 0.0730 e. The number of benzene rings is 5. The quantitative estimate of drug-likeness (QED) is 0.189. The number of aromatic nitrogens is 2. The van der Waals surface area contributed by atoms with Gasteiger partial charge >= 0.3 is 0 Å². The third kappa shape index (κ3) is 9.16. The first-order chi connectivity index (χ1) is 28.0. The lowest BCUT2D eigenvalue weighted by Crippen LogP contribution is -2.16. The third-order valence-electron chi connectivity index (χ3n) is 12.7. The minimum Gasteiger partial charge on any atom is -0.354 e. The van der Waals surface area contributed by atoms with E-state index in [1.54, 1.807) is 0 Å². The van der Waals surface area contributed by atoms with Gasteiger partial charge in [-0.15, -0.1) is 0 Å². The van der Waals surface area contributed by atoms with Crippen LogP contribution in [0.1, 0.15) is 158 Å². The van der Waals surface area contributed by atoms with Crippen LogP contribution < -0.4 is 0 Å². The van der Waals surface area contributed by atoms with Crippen LogP contribution in [0.25, 0.3) is 66.6 Å². The second kappa shape index (κ2) is 14.9. The van der Waals surface area contributed by atoms with Crippen molar-refractivity contribution < 1.29 is 0 Å². The Balaban J connectivity index is 1.51. The molecule has 5 aromatic carbocycles. The molecule has 0 amide bonds. The van der Waals surface area contributed by atoms with Gasteiger partial charge < -0.3 is 4.98 Å². The molecule has 0 spiro atoms. The van der Waals surface area contributed by atoms with Crippen molar-refractivity contribution in [2.24, 2.45) is 0 Å². The summed E-state index contributed by atoms with van der Waals surface area (Å²) < 4.78 is 0. The molecule has 0 aliphatic heterocycles. The number of rotatable bonds is 4. The van der Waals surface area contributed by atoms with E-state index in [2.05, 4.69) is 233 Å². The highest BCUT2D eigenvalue weighted by Gasteiger charge is 2.25. The Morgan fingerprint density at radius 1 is 0.328 bits per heavy atom. The summed E-state index contributed by atoms with van der Waals surface area (Å²) >= 11 is 0. The van der Waals surface area contributed by atoms with Gasteiger partial charge in [0.25, 0.3) is 0 Å². The summed E-state index contributed by atoms with van der Waals surface area (Å²) in [5.41, 5.74) is 19.4. The topological polar surface area (TPSA) is 28.7 Å². The van der Waals surface area contributed by atoms with Crippen molar-refractivity contribution in [3.8, 4) is 44.8 Å². The molecule has 0 atom stereocenters. The normalized spacial score (nSPS) is 13.4. The average molecular weight is 809 g/mol. The molecule has 7 aromatic rings. The zero-order chi connectivity index (χ0) is 44.8. The Morgan fingerprint density at radius 2 is 0.705 bits per heavy atom. The Bertz CT molecular complexity index is 2620. The van der Waals surface area contributed by atoms with E-state index in [9.17, 15) is 0 Å². The third-order valence-corrected chi connectivity index (χ3v) is 12.7. The van der Waals surface area contributed by atoms with Gasteiger partial charge in [-0.25, -0.2) is 4.98 Å². The maximum absolute atomic E-state index is 5.59. The number of aromatic amines is 1. The molecule has 0 fully saturated rings. The van der Waals surface area contributed by atoms with E-state index in [1.807, 2.05) is 0 Å². The lowest BCUT2D eigenvalue weighted by atomic mass is 9.78. The van der Waals surface area contributed by atoms with Crippen LogP contribution in [0.3, 0.4) is 0 Å². The van der Waals surface area contributed by atoms with Gasteiger partial charge in [0.05, 0.1) is 16.9 Å². The van der Waals surface area contributed by atoms with Crippen LogP contribution in [0.2, 0.25) is 0 Å². The molecule has 0 bridgehead atoms. The molecule has 0 saturated carbocycles.